The fourth-order valence-electron chi connectivity index (χ4n) is 2.09. The lowest BCUT2D eigenvalue weighted by Crippen LogP contribution is -2.16. The van der Waals surface area contributed by atoms with E-state index in [9.17, 15) is 0 Å². The molecule has 3 heteroatoms. The molecule has 0 aliphatic heterocycles. The lowest BCUT2D eigenvalue weighted by Gasteiger charge is -2.12. The Labute approximate surface area is 115 Å². The number of ether oxygens (including phenoxy) is 1. The van der Waals surface area contributed by atoms with E-state index < -0.39 is 0 Å². The zero-order chi connectivity index (χ0) is 13.2. The van der Waals surface area contributed by atoms with Crippen molar-refractivity contribution in [3.63, 3.8) is 0 Å². The van der Waals surface area contributed by atoms with Crippen LogP contribution in [0.2, 0.25) is 0 Å². The first kappa shape index (κ1) is 12.9. The highest BCUT2D eigenvalue weighted by Gasteiger charge is 2.23. The molecule has 2 aliphatic rings. The molecule has 3 nitrogen and oxygen atoms in total. The van der Waals surface area contributed by atoms with Gasteiger partial charge >= 0.3 is 0 Å². The van der Waals surface area contributed by atoms with Gasteiger partial charge in [0, 0.05) is 24.3 Å². The van der Waals surface area contributed by atoms with E-state index in [1.807, 2.05) is 0 Å². The zero-order valence-electron chi connectivity index (χ0n) is 12.0. The molecule has 2 fully saturated rings. The topological polar surface area (TPSA) is 34.1 Å². The van der Waals surface area contributed by atoms with Crippen LogP contribution in [0.4, 0.5) is 0 Å². The van der Waals surface area contributed by atoms with Gasteiger partial charge in [0.25, 0.3) is 0 Å². The van der Waals surface area contributed by atoms with Gasteiger partial charge in [0.1, 0.15) is 0 Å². The molecule has 0 amide bonds. The first-order chi connectivity index (χ1) is 9.20. The van der Waals surface area contributed by atoms with Crippen LogP contribution in [0.5, 0.6) is 5.88 Å². The highest BCUT2D eigenvalue weighted by atomic mass is 16.5. The minimum Gasteiger partial charge on any atom is -0.477 e. The van der Waals surface area contributed by atoms with Crippen LogP contribution in [0.15, 0.2) is 12.1 Å². The van der Waals surface area contributed by atoms with Crippen molar-refractivity contribution in [2.75, 3.05) is 6.61 Å². The van der Waals surface area contributed by atoms with Crippen LogP contribution in [0, 0.1) is 5.92 Å². The number of aromatic nitrogens is 1. The van der Waals surface area contributed by atoms with Gasteiger partial charge in [-0.1, -0.05) is 13.8 Å². The van der Waals surface area contributed by atoms with Crippen LogP contribution < -0.4 is 10.1 Å². The molecule has 0 radical (unpaired) electrons. The second kappa shape index (κ2) is 5.49. The van der Waals surface area contributed by atoms with Gasteiger partial charge < -0.3 is 10.1 Å². The minimum atomic E-state index is 0.448. The third-order valence-corrected chi connectivity index (χ3v) is 3.81. The smallest absolute Gasteiger partial charge is 0.213 e. The van der Waals surface area contributed by atoms with E-state index in [1.165, 1.54) is 31.2 Å². The van der Waals surface area contributed by atoms with Crippen molar-refractivity contribution in [1.29, 1.82) is 0 Å². The average molecular weight is 260 g/mol. The Bertz CT molecular complexity index is 402. The van der Waals surface area contributed by atoms with Gasteiger partial charge in [0.05, 0.1) is 6.61 Å². The summed E-state index contributed by atoms with van der Waals surface area (Å²) in [7, 11) is 0. The van der Waals surface area contributed by atoms with Crippen molar-refractivity contribution in [3.05, 3.63) is 23.4 Å². The van der Waals surface area contributed by atoms with Crippen LogP contribution in [0.1, 0.15) is 56.7 Å². The SMILES string of the molecule is CC(C)c1cc(CNC2CC2)cc(OCC2CC2)n1. The van der Waals surface area contributed by atoms with Crippen LogP contribution in [0.25, 0.3) is 0 Å². The molecule has 2 aliphatic carbocycles. The predicted octanol–water partition coefficient (Wildman–Crippen LogP) is 3.25. The molecule has 104 valence electrons. The minimum absolute atomic E-state index is 0.448. The lowest BCUT2D eigenvalue weighted by molar-refractivity contribution is 0.287. The molecule has 1 aromatic heterocycles. The van der Waals surface area contributed by atoms with Crippen LogP contribution in [0.3, 0.4) is 0 Å². The number of hydrogen-bond acceptors (Lipinski definition) is 3. The largest absolute Gasteiger partial charge is 0.477 e. The summed E-state index contributed by atoms with van der Waals surface area (Å²) < 4.78 is 5.84. The Hall–Kier alpha value is -1.09. The van der Waals surface area contributed by atoms with E-state index >= 15 is 0 Å². The van der Waals surface area contributed by atoms with E-state index in [0.717, 1.165) is 36.7 Å². The van der Waals surface area contributed by atoms with Crippen LogP contribution in [-0.4, -0.2) is 17.6 Å². The van der Waals surface area contributed by atoms with Crippen molar-refractivity contribution in [2.45, 2.75) is 58.0 Å². The molecule has 0 saturated heterocycles. The highest BCUT2D eigenvalue weighted by Crippen LogP contribution is 2.30. The first-order valence-electron chi connectivity index (χ1n) is 7.58. The zero-order valence-corrected chi connectivity index (χ0v) is 12.0. The molecule has 0 atom stereocenters. The summed E-state index contributed by atoms with van der Waals surface area (Å²) in [5.41, 5.74) is 2.44. The maximum absolute atomic E-state index is 5.84. The number of hydrogen-bond donors (Lipinski definition) is 1. The molecule has 0 unspecified atom stereocenters. The third-order valence-electron chi connectivity index (χ3n) is 3.81. The molecular weight excluding hydrogens is 236 g/mol. The fraction of sp³-hybridized carbons (Fsp3) is 0.688. The van der Waals surface area contributed by atoms with Crippen molar-refractivity contribution < 1.29 is 4.74 Å². The van der Waals surface area contributed by atoms with Gasteiger partial charge in [0.2, 0.25) is 5.88 Å². The molecule has 1 aromatic rings. The van der Waals surface area contributed by atoms with Gasteiger partial charge in [0.15, 0.2) is 0 Å². The van der Waals surface area contributed by atoms with Gasteiger partial charge in [-0.25, -0.2) is 4.98 Å². The molecule has 0 bridgehead atoms. The molecule has 0 aromatic carbocycles. The average Bonchev–Trinajstić information content (AvgIpc) is 3.28. The van der Waals surface area contributed by atoms with Gasteiger partial charge in [-0.15, -0.1) is 0 Å². The Morgan fingerprint density at radius 2 is 2.05 bits per heavy atom. The van der Waals surface area contributed by atoms with Crippen molar-refractivity contribution in [1.82, 2.24) is 10.3 Å². The molecular formula is C16H24N2O. The van der Waals surface area contributed by atoms with Crippen LogP contribution in [-0.2, 0) is 6.54 Å². The van der Waals surface area contributed by atoms with Crippen molar-refractivity contribution >= 4 is 0 Å². The van der Waals surface area contributed by atoms with E-state index in [1.54, 1.807) is 0 Å². The van der Waals surface area contributed by atoms with E-state index in [4.69, 9.17) is 4.74 Å². The van der Waals surface area contributed by atoms with Gasteiger partial charge in [-0.2, -0.15) is 0 Å². The standard InChI is InChI=1S/C16H24N2O/c1-11(2)15-7-13(9-17-14-5-6-14)8-16(18-15)19-10-12-3-4-12/h7-8,11-12,14,17H,3-6,9-10H2,1-2H3. The van der Waals surface area contributed by atoms with Crippen LogP contribution >= 0.6 is 0 Å². The molecule has 3 rings (SSSR count). The summed E-state index contributed by atoms with van der Waals surface area (Å²) in [6.07, 6.45) is 5.29. The summed E-state index contributed by atoms with van der Waals surface area (Å²) >= 11 is 0. The van der Waals surface area contributed by atoms with E-state index in [-0.39, 0.29) is 0 Å². The van der Waals surface area contributed by atoms with E-state index in [0.29, 0.717) is 5.92 Å². The fourth-order valence-corrected chi connectivity index (χ4v) is 2.09. The highest BCUT2D eigenvalue weighted by molar-refractivity contribution is 5.27. The number of nitrogens with one attached hydrogen (secondary N) is 1. The second-order valence-electron chi connectivity index (χ2n) is 6.30. The molecule has 1 N–H and O–H groups in total. The lowest BCUT2D eigenvalue weighted by atomic mass is 10.1. The quantitative estimate of drug-likeness (QED) is 0.817. The summed E-state index contributed by atoms with van der Waals surface area (Å²) in [6, 6.07) is 5.06. The summed E-state index contributed by atoms with van der Waals surface area (Å²) in [4.78, 5) is 4.63. The molecule has 0 spiro atoms. The Morgan fingerprint density at radius 3 is 2.68 bits per heavy atom. The van der Waals surface area contributed by atoms with Gasteiger partial charge in [-0.3, -0.25) is 0 Å². The third kappa shape index (κ3) is 3.93. The monoisotopic (exact) mass is 260 g/mol. The molecule has 1 heterocycles. The summed E-state index contributed by atoms with van der Waals surface area (Å²) in [5, 5.41) is 3.56. The number of rotatable bonds is 7. The van der Waals surface area contributed by atoms with Crippen molar-refractivity contribution in [2.24, 2.45) is 5.92 Å². The number of pyridine rings is 1. The van der Waals surface area contributed by atoms with E-state index in [2.05, 4.69) is 36.3 Å². The Balaban J connectivity index is 1.68. The maximum atomic E-state index is 5.84. The molecule has 2 saturated carbocycles. The predicted molar refractivity (Wildman–Crippen MR) is 76.4 cm³/mol. The van der Waals surface area contributed by atoms with Crippen molar-refractivity contribution in [3.8, 4) is 5.88 Å². The summed E-state index contributed by atoms with van der Waals surface area (Å²) in [5.74, 6) is 2.03. The number of nitrogens with zero attached hydrogens (tertiary/aromatic N) is 1. The van der Waals surface area contributed by atoms with Gasteiger partial charge in [-0.05, 0) is 49.1 Å². The Kier molecular flexibility index (Phi) is 3.74. The first-order valence-corrected chi connectivity index (χ1v) is 7.58. The maximum Gasteiger partial charge on any atom is 0.213 e. The second-order valence-corrected chi connectivity index (χ2v) is 6.30. The summed E-state index contributed by atoms with van der Waals surface area (Å²) in [6.45, 7) is 6.15. The molecule has 19 heavy (non-hydrogen) atoms. The normalized spacial score (nSPS) is 18.9. The Morgan fingerprint density at radius 1 is 1.26 bits per heavy atom.